The van der Waals surface area contributed by atoms with Crippen LogP contribution in [0.2, 0.25) is 0 Å². The first-order chi connectivity index (χ1) is 15.2. The van der Waals surface area contributed by atoms with Crippen molar-refractivity contribution in [1.82, 2.24) is 15.1 Å². The zero-order valence-electron chi connectivity index (χ0n) is 18.8. The molecule has 4 nitrogen and oxygen atoms in total. The number of fused-ring (bicyclic) bond motifs is 1. The predicted octanol–water partition coefficient (Wildman–Crippen LogP) is 4.34. The van der Waals surface area contributed by atoms with Gasteiger partial charge in [0.2, 0.25) is 0 Å². The highest BCUT2D eigenvalue weighted by Gasteiger charge is 2.34. The highest BCUT2D eigenvalue weighted by molar-refractivity contribution is 5.98. The fraction of sp³-hybridized carbons (Fsp3) is 0.519. The highest BCUT2D eigenvalue weighted by atomic mass is 16.2. The lowest BCUT2D eigenvalue weighted by Gasteiger charge is -2.32. The van der Waals surface area contributed by atoms with Gasteiger partial charge in [-0.15, -0.1) is 0 Å². The highest BCUT2D eigenvalue weighted by Crippen LogP contribution is 2.33. The van der Waals surface area contributed by atoms with E-state index in [4.69, 9.17) is 0 Å². The first-order valence-electron chi connectivity index (χ1n) is 12.2. The van der Waals surface area contributed by atoms with Crippen LogP contribution in [0.3, 0.4) is 0 Å². The summed E-state index contributed by atoms with van der Waals surface area (Å²) in [7, 11) is 0. The Kier molecular flexibility index (Phi) is 6.10. The molecule has 2 saturated heterocycles. The van der Waals surface area contributed by atoms with Gasteiger partial charge >= 0.3 is 0 Å². The monoisotopic (exact) mass is 417 g/mol. The summed E-state index contributed by atoms with van der Waals surface area (Å²) in [4.78, 5) is 17.6. The molecule has 4 heteroatoms. The Morgan fingerprint density at radius 2 is 1.77 bits per heavy atom. The van der Waals surface area contributed by atoms with Crippen molar-refractivity contribution in [2.75, 3.05) is 26.2 Å². The summed E-state index contributed by atoms with van der Waals surface area (Å²) in [5, 5.41) is 3.45. The molecule has 3 aliphatic heterocycles. The maximum absolute atomic E-state index is 12.9. The number of rotatable bonds is 5. The Morgan fingerprint density at radius 1 is 1.00 bits per heavy atom. The first-order valence-corrected chi connectivity index (χ1v) is 12.2. The van der Waals surface area contributed by atoms with Gasteiger partial charge in [-0.2, -0.15) is 0 Å². The largest absolute Gasteiger partial charge is 0.330 e. The number of nitrogens with one attached hydrogen (secondary N) is 1. The van der Waals surface area contributed by atoms with E-state index in [1.807, 2.05) is 0 Å². The van der Waals surface area contributed by atoms with Crippen molar-refractivity contribution in [2.24, 2.45) is 0 Å². The molecule has 1 atom stereocenters. The average molecular weight is 418 g/mol. The van der Waals surface area contributed by atoms with Gasteiger partial charge in [0.15, 0.2) is 0 Å². The molecule has 3 aliphatic rings. The van der Waals surface area contributed by atoms with Crippen molar-refractivity contribution in [2.45, 2.75) is 64.1 Å². The van der Waals surface area contributed by atoms with Crippen molar-refractivity contribution in [3.8, 4) is 0 Å². The van der Waals surface area contributed by atoms with E-state index in [2.05, 4.69) is 64.5 Å². The van der Waals surface area contributed by atoms with Crippen molar-refractivity contribution in [3.05, 3.63) is 70.3 Å². The predicted molar refractivity (Wildman–Crippen MR) is 125 cm³/mol. The lowest BCUT2D eigenvalue weighted by molar-refractivity contribution is 0.0674. The van der Waals surface area contributed by atoms with Gasteiger partial charge in [0.05, 0.1) is 0 Å². The Balaban J connectivity index is 1.19. The van der Waals surface area contributed by atoms with Crippen molar-refractivity contribution >= 4 is 5.91 Å². The number of piperidine rings is 2. The molecule has 1 amide bonds. The van der Waals surface area contributed by atoms with Crippen LogP contribution in [0.15, 0.2) is 42.5 Å². The van der Waals surface area contributed by atoms with Gasteiger partial charge in [0.1, 0.15) is 0 Å². The van der Waals surface area contributed by atoms with Gasteiger partial charge in [0, 0.05) is 31.2 Å². The Hall–Kier alpha value is -2.17. The molecule has 2 aromatic carbocycles. The molecule has 0 radical (unpaired) electrons. The molecule has 0 aromatic heterocycles. The molecule has 2 aromatic rings. The summed E-state index contributed by atoms with van der Waals surface area (Å²) >= 11 is 0. The van der Waals surface area contributed by atoms with Gasteiger partial charge in [0.25, 0.3) is 5.91 Å². The topological polar surface area (TPSA) is 35.6 Å². The second-order valence-corrected chi connectivity index (χ2v) is 9.57. The molecule has 2 fully saturated rings. The van der Waals surface area contributed by atoms with Crippen LogP contribution in [0, 0.1) is 0 Å². The van der Waals surface area contributed by atoms with E-state index >= 15 is 0 Å². The molecule has 1 unspecified atom stereocenters. The molecular formula is C27H35N3O. The molecule has 5 rings (SSSR count). The zero-order chi connectivity index (χ0) is 21.2. The second-order valence-electron chi connectivity index (χ2n) is 9.57. The SMILES string of the molecule is CCc1ccc(CN2CCC(c3ccc4c(c3)CN(C3CCCNC3)C4=O)CC2)cc1. The smallest absolute Gasteiger partial charge is 0.254 e. The van der Waals surface area contributed by atoms with Crippen LogP contribution < -0.4 is 5.32 Å². The molecule has 31 heavy (non-hydrogen) atoms. The van der Waals surface area contributed by atoms with Gasteiger partial charge in [-0.05, 0) is 86.0 Å². The molecule has 1 N–H and O–H groups in total. The Labute approximate surface area is 186 Å². The minimum Gasteiger partial charge on any atom is -0.330 e. The van der Waals surface area contributed by atoms with E-state index in [-0.39, 0.29) is 5.91 Å². The summed E-state index contributed by atoms with van der Waals surface area (Å²) in [6.45, 7) is 8.37. The number of aryl methyl sites for hydroxylation is 1. The number of likely N-dealkylation sites (tertiary alicyclic amines) is 1. The minimum atomic E-state index is 0.235. The van der Waals surface area contributed by atoms with Crippen LogP contribution in [0.4, 0.5) is 0 Å². The Morgan fingerprint density at radius 3 is 2.48 bits per heavy atom. The second kappa shape index (κ2) is 9.13. The van der Waals surface area contributed by atoms with Gasteiger partial charge < -0.3 is 10.2 Å². The number of nitrogens with zero attached hydrogens (tertiary/aromatic N) is 2. The number of hydrogen-bond acceptors (Lipinski definition) is 3. The van der Waals surface area contributed by atoms with Crippen LogP contribution in [-0.4, -0.2) is 47.9 Å². The van der Waals surface area contributed by atoms with Gasteiger partial charge in [-0.3, -0.25) is 9.69 Å². The van der Waals surface area contributed by atoms with Crippen LogP contribution in [0.5, 0.6) is 0 Å². The van der Waals surface area contributed by atoms with Crippen LogP contribution in [0.25, 0.3) is 0 Å². The molecule has 0 saturated carbocycles. The van der Waals surface area contributed by atoms with Crippen LogP contribution in [-0.2, 0) is 19.5 Å². The maximum Gasteiger partial charge on any atom is 0.254 e. The summed E-state index contributed by atoms with van der Waals surface area (Å²) in [5.41, 5.74) is 6.44. The summed E-state index contributed by atoms with van der Waals surface area (Å²) < 4.78 is 0. The number of amides is 1. The number of carbonyl (C=O) groups excluding carboxylic acids is 1. The van der Waals surface area contributed by atoms with Crippen LogP contribution >= 0.6 is 0 Å². The van der Waals surface area contributed by atoms with Crippen molar-refractivity contribution < 1.29 is 4.79 Å². The fourth-order valence-electron chi connectivity index (χ4n) is 5.57. The number of hydrogen-bond donors (Lipinski definition) is 1. The lowest BCUT2D eigenvalue weighted by Crippen LogP contribution is -2.46. The third-order valence-corrected chi connectivity index (χ3v) is 7.57. The average Bonchev–Trinajstić information content (AvgIpc) is 3.16. The molecule has 0 bridgehead atoms. The van der Waals surface area contributed by atoms with Crippen molar-refractivity contribution in [3.63, 3.8) is 0 Å². The molecule has 0 aliphatic carbocycles. The Bertz CT molecular complexity index is 909. The quantitative estimate of drug-likeness (QED) is 0.786. The summed E-state index contributed by atoms with van der Waals surface area (Å²) in [6, 6.07) is 16.1. The molecule has 0 spiro atoms. The third kappa shape index (κ3) is 4.42. The van der Waals surface area contributed by atoms with E-state index in [0.29, 0.717) is 12.0 Å². The zero-order valence-corrected chi connectivity index (χ0v) is 18.8. The van der Waals surface area contributed by atoms with Gasteiger partial charge in [-0.1, -0.05) is 43.3 Å². The third-order valence-electron chi connectivity index (χ3n) is 7.57. The standard InChI is InChI=1S/C27H35N3O/c1-2-20-5-7-21(8-6-20)18-29-14-11-22(12-15-29)23-9-10-26-24(16-23)19-30(27(26)31)25-4-3-13-28-17-25/h5-10,16,22,25,28H,2-4,11-15,17-19H2,1H3. The van der Waals surface area contributed by atoms with E-state index in [9.17, 15) is 4.79 Å². The molecule has 3 heterocycles. The van der Waals surface area contributed by atoms with E-state index in [0.717, 1.165) is 64.1 Å². The molecular weight excluding hydrogens is 382 g/mol. The summed E-state index contributed by atoms with van der Waals surface area (Å²) in [6.07, 6.45) is 5.80. The van der Waals surface area contributed by atoms with E-state index in [1.165, 1.54) is 35.1 Å². The minimum absolute atomic E-state index is 0.235. The van der Waals surface area contributed by atoms with E-state index < -0.39 is 0 Å². The fourth-order valence-corrected chi connectivity index (χ4v) is 5.57. The van der Waals surface area contributed by atoms with Crippen LogP contribution in [0.1, 0.15) is 71.1 Å². The molecule has 164 valence electrons. The number of carbonyl (C=O) groups is 1. The van der Waals surface area contributed by atoms with Crippen molar-refractivity contribution in [1.29, 1.82) is 0 Å². The van der Waals surface area contributed by atoms with Gasteiger partial charge in [-0.25, -0.2) is 0 Å². The van der Waals surface area contributed by atoms with E-state index in [1.54, 1.807) is 0 Å². The number of benzene rings is 2. The summed E-state index contributed by atoms with van der Waals surface area (Å²) in [5.74, 6) is 0.851. The first kappa shape index (κ1) is 20.7. The lowest BCUT2D eigenvalue weighted by atomic mass is 9.87. The maximum atomic E-state index is 12.9. The normalized spacial score (nSPS) is 22.7.